The van der Waals surface area contributed by atoms with Crippen molar-refractivity contribution in [2.75, 3.05) is 18.2 Å². The summed E-state index contributed by atoms with van der Waals surface area (Å²) in [5.41, 5.74) is 5.34. The Morgan fingerprint density at radius 3 is 2.54 bits per heavy atom. The molecule has 186 valence electrons. The zero-order valence-electron chi connectivity index (χ0n) is 19.8. The maximum Gasteiger partial charge on any atom is 0.360 e. The summed E-state index contributed by atoms with van der Waals surface area (Å²) >= 11 is 0. The second-order valence-corrected chi connectivity index (χ2v) is 8.94. The van der Waals surface area contributed by atoms with E-state index in [1.807, 2.05) is 0 Å². The SMILES string of the molecule is CO[C@@H]1[C@@H](O)[C@@H](O)[C@H](Oc2ccc3cc(NC(=O)c4ccccc4N)c(=O)oc3c2C)OC1(C)C. The summed E-state index contributed by atoms with van der Waals surface area (Å²) in [5.74, 6) is -0.247. The average molecular weight is 485 g/mol. The molecule has 1 aliphatic rings. The van der Waals surface area contributed by atoms with Crippen LogP contribution in [0.5, 0.6) is 5.75 Å². The van der Waals surface area contributed by atoms with E-state index >= 15 is 0 Å². The number of nitrogens with two attached hydrogens (primary N) is 1. The number of ether oxygens (including phenoxy) is 3. The highest BCUT2D eigenvalue weighted by Gasteiger charge is 2.50. The Hall–Kier alpha value is -3.44. The Morgan fingerprint density at radius 1 is 1.14 bits per heavy atom. The molecule has 10 heteroatoms. The number of nitrogens with one attached hydrogen (secondary N) is 1. The zero-order valence-corrected chi connectivity index (χ0v) is 19.8. The van der Waals surface area contributed by atoms with Gasteiger partial charge in [0.05, 0.1) is 11.2 Å². The number of nitrogen functional groups attached to an aromatic ring is 1. The lowest BCUT2D eigenvalue weighted by molar-refractivity contribution is -0.306. The summed E-state index contributed by atoms with van der Waals surface area (Å²) in [4.78, 5) is 25.2. The van der Waals surface area contributed by atoms with E-state index in [1.54, 1.807) is 57.2 Å². The number of aliphatic hydroxyl groups is 2. The number of rotatable bonds is 5. The molecule has 3 aromatic rings. The maximum absolute atomic E-state index is 12.6. The molecule has 0 unspecified atom stereocenters. The van der Waals surface area contributed by atoms with Crippen molar-refractivity contribution in [2.24, 2.45) is 0 Å². The molecule has 5 N–H and O–H groups in total. The van der Waals surface area contributed by atoms with E-state index in [2.05, 4.69) is 5.32 Å². The Kier molecular flexibility index (Phi) is 6.56. The van der Waals surface area contributed by atoms with Crippen LogP contribution in [0.15, 0.2) is 51.7 Å². The second-order valence-electron chi connectivity index (χ2n) is 8.94. The number of aliphatic hydroxyl groups excluding tert-OH is 2. The second kappa shape index (κ2) is 9.31. The number of para-hydroxylation sites is 1. The van der Waals surface area contributed by atoms with E-state index in [1.165, 1.54) is 13.2 Å². The van der Waals surface area contributed by atoms with Crippen LogP contribution in [0.1, 0.15) is 29.8 Å². The summed E-state index contributed by atoms with van der Waals surface area (Å²) < 4.78 is 22.5. The minimum atomic E-state index is -1.38. The highest BCUT2D eigenvalue weighted by Crippen LogP contribution is 2.35. The van der Waals surface area contributed by atoms with Crippen molar-refractivity contribution in [3.63, 3.8) is 0 Å². The molecule has 0 bridgehead atoms. The van der Waals surface area contributed by atoms with Gasteiger partial charge >= 0.3 is 5.63 Å². The lowest BCUT2D eigenvalue weighted by Crippen LogP contribution is -2.63. The molecule has 4 atom stereocenters. The summed E-state index contributed by atoms with van der Waals surface area (Å²) in [5, 5.41) is 24.1. The molecule has 10 nitrogen and oxygen atoms in total. The Labute approximate surface area is 201 Å². The van der Waals surface area contributed by atoms with Gasteiger partial charge in [-0.2, -0.15) is 0 Å². The highest BCUT2D eigenvalue weighted by molar-refractivity contribution is 6.08. The molecule has 0 aliphatic carbocycles. The molecule has 2 heterocycles. The third kappa shape index (κ3) is 4.61. The molecule has 0 radical (unpaired) electrons. The highest BCUT2D eigenvalue weighted by atomic mass is 16.7. The van der Waals surface area contributed by atoms with E-state index in [0.717, 1.165) is 0 Å². The van der Waals surface area contributed by atoms with Gasteiger partial charge < -0.3 is 39.9 Å². The van der Waals surface area contributed by atoms with Gasteiger partial charge in [-0.25, -0.2) is 4.79 Å². The molecule has 0 spiro atoms. The van der Waals surface area contributed by atoms with Gasteiger partial charge in [-0.05, 0) is 51.1 Å². The van der Waals surface area contributed by atoms with E-state index in [9.17, 15) is 19.8 Å². The van der Waals surface area contributed by atoms with E-state index < -0.39 is 41.7 Å². The fraction of sp³-hybridized carbons (Fsp3) is 0.360. The quantitative estimate of drug-likeness (QED) is 0.315. The van der Waals surface area contributed by atoms with Crippen molar-refractivity contribution < 1.29 is 33.6 Å². The topological polar surface area (TPSA) is 153 Å². The van der Waals surface area contributed by atoms with Gasteiger partial charge in [0.15, 0.2) is 0 Å². The van der Waals surface area contributed by atoms with Crippen LogP contribution in [0.2, 0.25) is 0 Å². The normalized spacial score (nSPS) is 23.7. The first-order valence-electron chi connectivity index (χ1n) is 11.0. The molecular weight excluding hydrogens is 456 g/mol. The zero-order chi connectivity index (χ0) is 25.5. The van der Waals surface area contributed by atoms with Gasteiger partial charge in [0.25, 0.3) is 5.91 Å². The Morgan fingerprint density at radius 2 is 1.86 bits per heavy atom. The first-order valence-corrected chi connectivity index (χ1v) is 11.0. The summed E-state index contributed by atoms with van der Waals surface area (Å²) in [7, 11) is 1.42. The number of carbonyl (C=O) groups excluding carboxylic acids is 1. The average Bonchev–Trinajstić information content (AvgIpc) is 2.80. The number of fused-ring (bicyclic) bond motifs is 1. The summed E-state index contributed by atoms with van der Waals surface area (Å²) in [6, 6.07) is 11.3. The van der Waals surface area contributed by atoms with Crippen LogP contribution in [0, 0.1) is 6.92 Å². The van der Waals surface area contributed by atoms with Crippen molar-refractivity contribution in [3.8, 4) is 5.75 Å². The van der Waals surface area contributed by atoms with E-state index in [0.29, 0.717) is 10.9 Å². The standard InChI is InChI=1S/C25H28N2O8/c1-12-17(33-24-19(29)18(28)21(32-4)25(2,3)35-24)10-9-13-11-16(23(31)34-20(12)13)27-22(30)14-7-5-6-8-15(14)26/h5-11,18-19,21,24,28-29H,26H2,1-4H3,(H,27,30)/t18-,19+,21+,24+/m0/s1. The minimum absolute atomic E-state index is 0.0414. The number of hydrogen-bond acceptors (Lipinski definition) is 9. The predicted octanol–water partition coefficient (Wildman–Crippen LogP) is 2.19. The van der Waals surface area contributed by atoms with Crippen LogP contribution in [0.3, 0.4) is 0 Å². The molecule has 2 aromatic carbocycles. The van der Waals surface area contributed by atoms with Gasteiger partial charge in [-0.3, -0.25) is 4.79 Å². The van der Waals surface area contributed by atoms with Crippen LogP contribution in [0.4, 0.5) is 11.4 Å². The molecule has 0 saturated carbocycles. The summed E-state index contributed by atoms with van der Waals surface area (Å²) in [6.07, 6.45) is -4.56. The number of anilines is 2. The van der Waals surface area contributed by atoms with E-state index in [4.69, 9.17) is 24.4 Å². The number of carbonyl (C=O) groups is 1. The van der Waals surface area contributed by atoms with Gasteiger partial charge in [0, 0.05) is 23.7 Å². The number of methoxy groups -OCH3 is 1. The molecular formula is C25H28N2O8. The lowest BCUT2D eigenvalue weighted by Gasteiger charge is -2.46. The number of benzene rings is 2. The minimum Gasteiger partial charge on any atom is -0.462 e. The molecule has 1 amide bonds. The van der Waals surface area contributed by atoms with Crippen LogP contribution < -0.4 is 21.4 Å². The number of hydrogen-bond donors (Lipinski definition) is 4. The van der Waals surface area contributed by atoms with Crippen LogP contribution in [0.25, 0.3) is 11.0 Å². The third-order valence-corrected chi connectivity index (χ3v) is 6.10. The number of amides is 1. The predicted molar refractivity (Wildman–Crippen MR) is 128 cm³/mol. The van der Waals surface area contributed by atoms with Crippen molar-refractivity contribution >= 4 is 28.3 Å². The molecule has 1 fully saturated rings. The first-order chi connectivity index (χ1) is 16.5. The molecule has 1 aromatic heterocycles. The smallest absolute Gasteiger partial charge is 0.360 e. The van der Waals surface area contributed by atoms with Crippen molar-refractivity contribution in [3.05, 3.63) is 64.0 Å². The van der Waals surface area contributed by atoms with E-state index in [-0.39, 0.29) is 28.3 Å². The fourth-order valence-corrected chi connectivity index (χ4v) is 4.24. The molecule has 1 saturated heterocycles. The third-order valence-electron chi connectivity index (χ3n) is 6.10. The fourth-order valence-electron chi connectivity index (χ4n) is 4.24. The van der Waals surface area contributed by atoms with Crippen molar-refractivity contribution in [2.45, 2.75) is 51.0 Å². The molecule has 4 rings (SSSR count). The lowest BCUT2D eigenvalue weighted by atomic mass is 9.89. The first kappa shape index (κ1) is 24.7. The van der Waals surface area contributed by atoms with Gasteiger partial charge in [-0.15, -0.1) is 0 Å². The Bertz CT molecular complexity index is 1320. The molecule has 35 heavy (non-hydrogen) atoms. The largest absolute Gasteiger partial charge is 0.462 e. The molecule has 1 aliphatic heterocycles. The van der Waals surface area contributed by atoms with Crippen LogP contribution in [-0.2, 0) is 9.47 Å². The van der Waals surface area contributed by atoms with Crippen LogP contribution in [-0.4, -0.2) is 53.4 Å². The number of aryl methyl sites for hydroxylation is 1. The Balaban J connectivity index is 1.61. The van der Waals surface area contributed by atoms with Gasteiger partial charge in [0.1, 0.15) is 35.3 Å². The van der Waals surface area contributed by atoms with Gasteiger partial charge in [-0.1, -0.05) is 12.1 Å². The van der Waals surface area contributed by atoms with Crippen molar-refractivity contribution in [1.82, 2.24) is 0 Å². The monoisotopic (exact) mass is 484 g/mol. The maximum atomic E-state index is 12.6. The summed E-state index contributed by atoms with van der Waals surface area (Å²) in [6.45, 7) is 5.12. The van der Waals surface area contributed by atoms with Gasteiger partial charge in [0.2, 0.25) is 6.29 Å². The van der Waals surface area contributed by atoms with Crippen LogP contribution >= 0.6 is 0 Å². The van der Waals surface area contributed by atoms with Crippen molar-refractivity contribution in [1.29, 1.82) is 0 Å².